The van der Waals surface area contributed by atoms with E-state index in [0.29, 0.717) is 11.2 Å². The van der Waals surface area contributed by atoms with Crippen molar-refractivity contribution in [3.63, 3.8) is 0 Å². The molecule has 0 radical (unpaired) electrons. The minimum absolute atomic E-state index is 0.0282. The van der Waals surface area contributed by atoms with Gasteiger partial charge in [-0.25, -0.2) is 4.68 Å². The third-order valence-corrected chi connectivity index (χ3v) is 7.02. The Labute approximate surface area is 153 Å². The molecule has 4 saturated carbocycles. The smallest absolute Gasteiger partial charge is 0.355 e. The van der Waals surface area contributed by atoms with Crippen LogP contribution in [0.2, 0.25) is 0 Å². The number of nitrogens with zero attached hydrogens (tertiary/aromatic N) is 3. The van der Waals surface area contributed by atoms with Gasteiger partial charge in [-0.15, -0.1) is 10.2 Å². The Bertz CT molecular complexity index is 669. The molecular weight excluding hydrogens is 367 g/mol. The van der Waals surface area contributed by atoms with Crippen LogP contribution < -0.4 is 11.2 Å². The van der Waals surface area contributed by atoms with Crippen LogP contribution in [-0.4, -0.2) is 33.1 Å². The van der Waals surface area contributed by atoms with Gasteiger partial charge in [0.25, 0.3) is 5.82 Å². The van der Waals surface area contributed by atoms with Crippen LogP contribution in [0.25, 0.3) is 0 Å². The number of thioether (sulfide) groups is 1. The lowest BCUT2D eigenvalue weighted by Crippen LogP contribution is -2.51. The fourth-order valence-corrected chi connectivity index (χ4v) is 6.23. The summed E-state index contributed by atoms with van der Waals surface area (Å²) in [5.41, 5.74) is 0.229. The van der Waals surface area contributed by atoms with Gasteiger partial charge in [0.2, 0.25) is 11.1 Å². The van der Waals surface area contributed by atoms with Crippen LogP contribution in [0.1, 0.15) is 44.3 Å². The molecule has 4 bridgehead atoms. The van der Waals surface area contributed by atoms with E-state index in [-0.39, 0.29) is 22.2 Å². The van der Waals surface area contributed by atoms with E-state index in [1.807, 2.05) is 0 Å². The molecule has 0 spiro atoms. The molecule has 10 heteroatoms. The fraction of sp³-hybridized carbons (Fsp3) is 0.812. The number of nitrogen functional groups attached to an aromatic ring is 1. The fourth-order valence-electron chi connectivity index (χ4n) is 5.54. The maximum absolute atomic E-state index is 12.6. The van der Waals surface area contributed by atoms with E-state index in [0.717, 1.165) is 29.5 Å². The number of nitrogens with one attached hydrogen (secondary N) is 1. The average molecular weight is 389 g/mol. The van der Waals surface area contributed by atoms with Crippen molar-refractivity contribution in [2.24, 2.45) is 23.2 Å². The van der Waals surface area contributed by atoms with E-state index < -0.39 is 12.0 Å². The SMILES string of the molecule is Nn1c(SCC(=O)NCC23CC4CC(CC(C4)C2)C3)nnc1C(F)(F)F. The zero-order chi connectivity index (χ0) is 18.5. The minimum atomic E-state index is -4.67. The van der Waals surface area contributed by atoms with Gasteiger partial charge < -0.3 is 11.2 Å². The molecule has 0 aliphatic heterocycles. The third kappa shape index (κ3) is 3.39. The van der Waals surface area contributed by atoms with Gasteiger partial charge in [0, 0.05) is 6.54 Å². The zero-order valence-corrected chi connectivity index (χ0v) is 15.1. The van der Waals surface area contributed by atoms with Crippen molar-refractivity contribution in [2.45, 2.75) is 49.9 Å². The molecule has 0 aromatic carbocycles. The molecular formula is C16H22F3N5OS. The molecule has 1 aromatic heterocycles. The van der Waals surface area contributed by atoms with Gasteiger partial charge in [0.05, 0.1) is 5.75 Å². The molecule has 4 aliphatic rings. The standard InChI is InChI=1S/C16H22F3N5OS/c17-16(18,19)13-22-23-14(24(13)20)26-7-12(25)21-8-15-4-9-1-10(5-15)3-11(2-9)6-15/h9-11H,1-8,20H2,(H,21,25). The lowest BCUT2D eigenvalue weighted by molar-refractivity contribution is -0.146. The molecule has 0 atom stereocenters. The summed E-state index contributed by atoms with van der Waals surface area (Å²) in [6.07, 6.45) is 2.95. The summed E-state index contributed by atoms with van der Waals surface area (Å²) in [4.78, 5) is 12.2. The van der Waals surface area contributed by atoms with E-state index >= 15 is 0 Å². The number of halogens is 3. The van der Waals surface area contributed by atoms with Crippen molar-refractivity contribution in [1.82, 2.24) is 20.2 Å². The van der Waals surface area contributed by atoms with Crippen molar-refractivity contribution < 1.29 is 18.0 Å². The average Bonchev–Trinajstić information content (AvgIpc) is 2.91. The number of alkyl halides is 3. The zero-order valence-electron chi connectivity index (χ0n) is 14.3. The third-order valence-electron chi connectivity index (χ3n) is 6.08. The van der Waals surface area contributed by atoms with Crippen molar-refractivity contribution in [3.8, 4) is 0 Å². The number of carbonyl (C=O) groups is 1. The maximum atomic E-state index is 12.6. The first kappa shape index (κ1) is 17.9. The largest absolute Gasteiger partial charge is 0.453 e. The number of carbonyl (C=O) groups excluding carboxylic acids is 1. The number of hydrogen-bond donors (Lipinski definition) is 2. The molecule has 3 N–H and O–H groups in total. The number of nitrogens with two attached hydrogens (primary N) is 1. The van der Waals surface area contributed by atoms with Crippen LogP contribution in [0.3, 0.4) is 0 Å². The van der Waals surface area contributed by atoms with Gasteiger partial charge in [0.15, 0.2) is 0 Å². The van der Waals surface area contributed by atoms with Crippen LogP contribution in [0.5, 0.6) is 0 Å². The molecule has 1 aromatic rings. The highest BCUT2D eigenvalue weighted by molar-refractivity contribution is 7.99. The van der Waals surface area contributed by atoms with E-state index in [1.165, 1.54) is 38.5 Å². The van der Waals surface area contributed by atoms with Gasteiger partial charge in [0.1, 0.15) is 0 Å². The molecule has 26 heavy (non-hydrogen) atoms. The number of rotatable bonds is 5. The van der Waals surface area contributed by atoms with Crippen LogP contribution in [-0.2, 0) is 11.0 Å². The second kappa shape index (κ2) is 6.31. The summed E-state index contributed by atoms with van der Waals surface area (Å²) in [6, 6.07) is 0. The minimum Gasteiger partial charge on any atom is -0.355 e. The summed E-state index contributed by atoms with van der Waals surface area (Å²) in [5.74, 6) is 6.30. The molecule has 144 valence electrons. The van der Waals surface area contributed by atoms with Crippen LogP contribution in [0.4, 0.5) is 13.2 Å². The molecule has 0 saturated heterocycles. The van der Waals surface area contributed by atoms with Gasteiger partial charge in [-0.2, -0.15) is 13.2 Å². The number of aromatic nitrogens is 3. The van der Waals surface area contributed by atoms with Crippen molar-refractivity contribution in [1.29, 1.82) is 0 Å². The van der Waals surface area contributed by atoms with E-state index in [1.54, 1.807) is 0 Å². The quantitative estimate of drug-likeness (QED) is 0.597. The monoisotopic (exact) mass is 389 g/mol. The van der Waals surface area contributed by atoms with Crippen LogP contribution in [0.15, 0.2) is 5.16 Å². The first-order chi connectivity index (χ1) is 12.2. The molecule has 6 nitrogen and oxygen atoms in total. The molecule has 1 heterocycles. The van der Waals surface area contributed by atoms with Crippen molar-refractivity contribution in [3.05, 3.63) is 5.82 Å². The summed E-state index contributed by atoms with van der Waals surface area (Å²) < 4.78 is 38.3. The Kier molecular flexibility index (Phi) is 4.36. The van der Waals surface area contributed by atoms with Crippen LogP contribution >= 0.6 is 11.8 Å². The molecule has 4 aliphatic carbocycles. The maximum Gasteiger partial charge on any atom is 0.453 e. The molecule has 4 fully saturated rings. The highest BCUT2D eigenvalue weighted by atomic mass is 32.2. The first-order valence-corrected chi connectivity index (χ1v) is 9.90. The topological polar surface area (TPSA) is 85.8 Å². The van der Waals surface area contributed by atoms with E-state index in [2.05, 4.69) is 15.5 Å². The highest BCUT2D eigenvalue weighted by Gasteiger charge is 2.50. The summed E-state index contributed by atoms with van der Waals surface area (Å²) in [6.45, 7) is 0.666. The lowest BCUT2D eigenvalue weighted by atomic mass is 9.49. The van der Waals surface area contributed by atoms with E-state index in [4.69, 9.17) is 5.84 Å². The van der Waals surface area contributed by atoms with Crippen molar-refractivity contribution in [2.75, 3.05) is 18.1 Å². The molecule has 0 unspecified atom stereocenters. The summed E-state index contributed by atoms with van der Waals surface area (Å²) in [7, 11) is 0. The van der Waals surface area contributed by atoms with Gasteiger partial charge in [-0.1, -0.05) is 11.8 Å². The molecule has 5 rings (SSSR count). The predicted octanol–water partition coefficient (Wildman–Crippen LogP) is 2.44. The lowest BCUT2D eigenvalue weighted by Gasteiger charge is -2.56. The number of amides is 1. The number of hydrogen-bond acceptors (Lipinski definition) is 5. The Morgan fingerprint density at radius 3 is 2.27 bits per heavy atom. The Morgan fingerprint density at radius 1 is 1.19 bits per heavy atom. The second-order valence-electron chi connectivity index (χ2n) is 8.16. The first-order valence-electron chi connectivity index (χ1n) is 8.91. The van der Waals surface area contributed by atoms with Crippen molar-refractivity contribution >= 4 is 17.7 Å². The van der Waals surface area contributed by atoms with Gasteiger partial charge in [-0.05, 0) is 61.7 Å². The van der Waals surface area contributed by atoms with E-state index in [9.17, 15) is 18.0 Å². The van der Waals surface area contributed by atoms with Crippen LogP contribution in [0, 0.1) is 23.2 Å². The molecule has 1 amide bonds. The normalized spacial score (nSPS) is 32.8. The predicted molar refractivity (Wildman–Crippen MR) is 89.5 cm³/mol. The Morgan fingerprint density at radius 2 is 1.77 bits per heavy atom. The highest BCUT2D eigenvalue weighted by Crippen LogP contribution is 2.59. The second-order valence-corrected chi connectivity index (χ2v) is 9.10. The Hall–Kier alpha value is -1.45. The summed E-state index contributed by atoms with van der Waals surface area (Å²) in [5, 5.41) is 9.33. The van der Waals surface area contributed by atoms with Gasteiger partial charge >= 0.3 is 6.18 Å². The Balaban J connectivity index is 1.29. The summed E-state index contributed by atoms with van der Waals surface area (Å²) >= 11 is 0.861. The van der Waals surface area contributed by atoms with Gasteiger partial charge in [-0.3, -0.25) is 4.79 Å².